The summed E-state index contributed by atoms with van der Waals surface area (Å²) in [6.07, 6.45) is 2.95. The predicted octanol–water partition coefficient (Wildman–Crippen LogP) is 1.94. The standard InChI is InChI=1S/C14H24N4OS2/c1-4-5-16-13(19)11-10(15)12(20-3)14(21-11)18-8-6-17(2)7-9-18/h4-9,15H2,1-3H3,(H,16,19). The molecule has 5 nitrogen and oxygen atoms in total. The summed E-state index contributed by atoms with van der Waals surface area (Å²) >= 11 is 3.16. The second-order valence-corrected chi connectivity index (χ2v) is 7.05. The summed E-state index contributed by atoms with van der Waals surface area (Å²) in [5.74, 6) is -0.0463. The molecule has 7 heteroatoms. The predicted molar refractivity (Wildman–Crippen MR) is 92.8 cm³/mol. The summed E-state index contributed by atoms with van der Waals surface area (Å²) in [7, 11) is 2.14. The molecular weight excluding hydrogens is 304 g/mol. The van der Waals surface area contributed by atoms with Crippen LogP contribution in [0.4, 0.5) is 10.7 Å². The molecule has 0 bridgehead atoms. The zero-order valence-corrected chi connectivity index (χ0v) is 14.6. The van der Waals surface area contributed by atoms with Gasteiger partial charge in [0.2, 0.25) is 0 Å². The van der Waals surface area contributed by atoms with Crippen molar-refractivity contribution in [1.29, 1.82) is 0 Å². The van der Waals surface area contributed by atoms with Crippen molar-refractivity contribution < 1.29 is 4.79 Å². The second-order valence-electron chi connectivity index (χ2n) is 5.23. The van der Waals surface area contributed by atoms with E-state index in [9.17, 15) is 4.79 Å². The lowest BCUT2D eigenvalue weighted by Gasteiger charge is -2.33. The van der Waals surface area contributed by atoms with E-state index in [0.717, 1.165) is 42.5 Å². The molecule has 1 aromatic rings. The highest BCUT2D eigenvalue weighted by Gasteiger charge is 2.25. The summed E-state index contributed by atoms with van der Waals surface area (Å²) in [5.41, 5.74) is 6.85. The van der Waals surface area contributed by atoms with Crippen LogP contribution in [0, 0.1) is 0 Å². The number of nitrogen functional groups attached to an aromatic ring is 1. The van der Waals surface area contributed by atoms with Crippen LogP contribution in [0.25, 0.3) is 0 Å². The molecule has 3 N–H and O–H groups in total. The van der Waals surface area contributed by atoms with E-state index < -0.39 is 0 Å². The Kier molecular flexibility index (Phi) is 5.78. The molecule has 0 atom stereocenters. The van der Waals surface area contributed by atoms with Gasteiger partial charge in [-0.25, -0.2) is 0 Å². The van der Waals surface area contributed by atoms with Crippen molar-refractivity contribution in [3.05, 3.63) is 4.88 Å². The number of thiophene rings is 1. The van der Waals surface area contributed by atoms with Gasteiger partial charge in [-0.3, -0.25) is 4.79 Å². The molecule has 2 heterocycles. The molecule has 0 unspecified atom stereocenters. The van der Waals surface area contributed by atoms with Gasteiger partial charge in [-0.15, -0.1) is 23.1 Å². The molecule has 1 aliphatic heterocycles. The zero-order valence-electron chi connectivity index (χ0n) is 12.9. The number of anilines is 2. The number of hydrogen-bond donors (Lipinski definition) is 2. The summed E-state index contributed by atoms with van der Waals surface area (Å²) < 4.78 is 0. The Hall–Kier alpha value is -0.920. The van der Waals surface area contributed by atoms with Crippen molar-refractivity contribution in [2.24, 2.45) is 0 Å². The Balaban J connectivity index is 2.23. The third-order valence-corrected chi connectivity index (χ3v) is 5.83. The number of rotatable bonds is 5. The number of nitrogens with one attached hydrogen (secondary N) is 1. The average molecular weight is 329 g/mol. The fourth-order valence-corrected chi connectivity index (χ4v) is 4.47. The molecule has 1 fully saturated rings. The number of likely N-dealkylation sites (N-methyl/N-ethyl adjacent to an activating group) is 1. The first-order valence-corrected chi connectivity index (χ1v) is 9.30. The Bertz CT molecular complexity index is 495. The average Bonchev–Trinajstić information content (AvgIpc) is 2.82. The summed E-state index contributed by atoms with van der Waals surface area (Å²) in [6, 6.07) is 0. The number of thioether (sulfide) groups is 1. The van der Waals surface area contributed by atoms with Crippen LogP contribution in [-0.4, -0.2) is 56.8 Å². The van der Waals surface area contributed by atoms with Crippen LogP contribution < -0.4 is 16.0 Å². The Morgan fingerprint density at radius 2 is 2.05 bits per heavy atom. The van der Waals surface area contributed by atoms with Crippen LogP contribution in [0.5, 0.6) is 0 Å². The SMILES string of the molecule is CCCNC(=O)c1sc(N2CCN(C)CC2)c(SC)c1N. The van der Waals surface area contributed by atoms with E-state index in [-0.39, 0.29) is 5.91 Å². The van der Waals surface area contributed by atoms with Crippen LogP contribution in [0.1, 0.15) is 23.0 Å². The molecule has 0 radical (unpaired) electrons. The maximum Gasteiger partial charge on any atom is 0.263 e. The van der Waals surface area contributed by atoms with E-state index >= 15 is 0 Å². The first kappa shape index (κ1) is 16.5. The van der Waals surface area contributed by atoms with Crippen molar-refractivity contribution in [2.45, 2.75) is 18.2 Å². The number of amides is 1. The maximum atomic E-state index is 12.2. The minimum absolute atomic E-state index is 0.0463. The fraction of sp³-hybridized carbons (Fsp3) is 0.643. The second kappa shape index (κ2) is 7.38. The normalized spacial score (nSPS) is 16.2. The first-order chi connectivity index (χ1) is 10.1. The topological polar surface area (TPSA) is 61.6 Å². The highest BCUT2D eigenvalue weighted by atomic mass is 32.2. The van der Waals surface area contributed by atoms with Gasteiger partial charge in [0.05, 0.1) is 10.6 Å². The molecule has 118 valence electrons. The fourth-order valence-electron chi connectivity index (χ4n) is 2.32. The number of carbonyl (C=O) groups excluding carboxylic acids is 1. The van der Waals surface area contributed by atoms with Gasteiger partial charge < -0.3 is 20.9 Å². The molecule has 1 amide bonds. The van der Waals surface area contributed by atoms with E-state index in [1.54, 1.807) is 11.8 Å². The lowest BCUT2D eigenvalue weighted by molar-refractivity contribution is 0.0958. The maximum absolute atomic E-state index is 12.2. The molecule has 1 aliphatic rings. The lowest BCUT2D eigenvalue weighted by atomic mass is 10.3. The number of nitrogens with two attached hydrogens (primary N) is 1. The number of carbonyl (C=O) groups is 1. The molecule has 1 aromatic heterocycles. The molecule has 2 rings (SSSR count). The monoisotopic (exact) mass is 328 g/mol. The van der Waals surface area contributed by atoms with Gasteiger partial charge in [-0.2, -0.15) is 0 Å². The van der Waals surface area contributed by atoms with E-state index in [1.165, 1.54) is 11.3 Å². The molecular formula is C14H24N4OS2. The third kappa shape index (κ3) is 3.64. The van der Waals surface area contributed by atoms with Crippen molar-refractivity contribution in [1.82, 2.24) is 10.2 Å². The first-order valence-electron chi connectivity index (χ1n) is 7.26. The Labute approximate surface area is 134 Å². The van der Waals surface area contributed by atoms with Gasteiger partial charge in [0.25, 0.3) is 5.91 Å². The van der Waals surface area contributed by atoms with Gasteiger partial charge in [-0.05, 0) is 19.7 Å². The Morgan fingerprint density at radius 3 is 2.62 bits per heavy atom. The molecule has 21 heavy (non-hydrogen) atoms. The summed E-state index contributed by atoms with van der Waals surface area (Å²) in [5, 5.41) is 4.07. The Morgan fingerprint density at radius 1 is 1.38 bits per heavy atom. The molecule has 0 saturated carbocycles. The van der Waals surface area contributed by atoms with Gasteiger partial charge in [0, 0.05) is 32.7 Å². The van der Waals surface area contributed by atoms with E-state index in [4.69, 9.17) is 5.73 Å². The lowest BCUT2D eigenvalue weighted by Crippen LogP contribution is -2.44. The minimum atomic E-state index is -0.0463. The number of piperazine rings is 1. The van der Waals surface area contributed by atoms with Crippen LogP contribution >= 0.6 is 23.1 Å². The van der Waals surface area contributed by atoms with Crippen LogP contribution in [0.3, 0.4) is 0 Å². The number of hydrogen-bond acceptors (Lipinski definition) is 6. The van der Waals surface area contributed by atoms with Crippen molar-refractivity contribution in [2.75, 3.05) is 56.7 Å². The minimum Gasteiger partial charge on any atom is -0.396 e. The molecule has 0 aliphatic carbocycles. The largest absolute Gasteiger partial charge is 0.396 e. The van der Waals surface area contributed by atoms with Crippen LogP contribution in [0.15, 0.2) is 4.90 Å². The van der Waals surface area contributed by atoms with Crippen molar-refractivity contribution >= 4 is 39.7 Å². The van der Waals surface area contributed by atoms with E-state index in [1.807, 2.05) is 13.2 Å². The zero-order chi connectivity index (χ0) is 15.4. The van der Waals surface area contributed by atoms with Gasteiger partial charge in [-0.1, -0.05) is 6.92 Å². The highest BCUT2D eigenvalue weighted by molar-refractivity contribution is 7.99. The van der Waals surface area contributed by atoms with E-state index in [0.29, 0.717) is 17.1 Å². The van der Waals surface area contributed by atoms with Gasteiger partial charge in [0.15, 0.2) is 0 Å². The van der Waals surface area contributed by atoms with Crippen LogP contribution in [-0.2, 0) is 0 Å². The quantitative estimate of drug-likeness (QED) is 0.809. The molecule has 0 spiro atoms. The van der Waals surface area contributed by atoms with Crippen LogP contribution in [0.2, 0.25) is 0 Å². The highest BCUT2D eigenvalue weighted by Crippen LogP contribution is 2.44. The molecule has 0 aromatic carbocycles. The summed E-state index contributed by atoms with van der Waals surface area (Å²) in [6.45, 7) is 6.79. The van der Waals surface area contributed by atoms with Crippen molar-refractivity contribution in [3.8, 4) is 0 Å². The number of nitrogens with zero attached hydrogens (tertiary/aromatic N) is 2. The molecule has 1 saturated heterocycles. The van der Waals surface area contributed by atoms with Gasteiger partial charge >= 0.3 is 0 Å². The smallest absolute Gasteiger partial charge is 0.263 e. The summed E-state index contributed by atoms with van der Waals surface area (Å²) in [4.78, 5) is 18.6. The van der Waals surface area contributed by atoms with Gasteiger partial charge in [0.1, 0.15) is 9.88 Å². The third-order valence-electron chi connectivity index (χ3n) is 3.62. The van der Waals surface area contributed by atoms with E-state index in [2.05, 4.69) is 22.2 Å². The van der Waals surface area contributed by atoms with Crippen molar-refractivity contribution in [3.63, 3.8) is 0 Å².